The normalized spacial score (nSPS) is 10.2. The second kappa shape index (κ2) is 6.88. The van der Waals surface area contributed by atoms with Crippen molar-refractivity contribution < 1.29 is 9.53 Å². The minimum absolute atomic E-state index is 0.211. The molecule has 1 aromatic carbocycles. The molecule has 0 spiro atoms. The van der Waals surface area contributed by atoms with E-state index in [1.54, 1.807) is 0 Å². The number of rotatable bonds is 5. The zero-order valence-corrected chi connectivity index (χ0v) is 9.90. The Morgan fingerprint density at radius 1 is 1.25 bits per heavy atom. The molecular formula is C13H19NO2. The highest BCUT2D eigenvalue weighted by atomic mass is 16.5. The summed E-state index contributed by atoms with van der Waals surface area (Å²) in [5.41, 5.74) is 1.00. The summed E-state index contributed by atoms with van der Waals surface area (Å²) in [5.74, 6) is 0. The average molecular weight is 221 g/mol. The van der Waals surface area contributed by atoms with E-state index in [1.165, 1.54) is 0 Å². The molecule has 0 unspecified atom stereocenters. The van der Waals surface area contributed by atoms with Gasteiger partial charge in [-0.3, -0.25) is 0 Å². The Labute approximate surface area is 96.8 Å². The Hall–Kier alpha value is -1.51. The fraction of sp³-hybridized carbons (Fsp3) is 0.462. The topological polar surface area (TPSA) is 38.3 Å². The predicted octanol–water partition coefficient (Wildman–Crippen LogP) is 3.10. The van der Waals surface area contributed by atoms with Gasteiger partial charge in [0.2, 0.25) is 0 Å². The lowest BCUT2D eigenvalue weighted by atomic mass is 10.2. The zero-order valence-electron chi connectivity index (χ0n) is 9.90. The van der Waals surface area contributed by atoms with E-state index in [9.17, 15) is 4.79 Å². The van der Waals surface area contributed by atoms with E-state index in [0.29, 0.717) is 6.61 Å². The van der Waals surface area contributed by atoms with Crippen LogP contribution in [-0.2, 0) is 11.3 Å². The van der Waals surface area contributed by atoms with Crippen LogP contribution in [0.2, 0.25) is 0 Å². The number of benzene rings is 1. The molecule has 0 saturated carbocycles. The van der Waals surface area contributed by atoms with Gasteiger partial charge in [0.15, 0.2) is 0 Å². The van der Waals surface area contributed by atoms with Crippen LogP contribution < -0.4 is 5.32 Å². The van der Waals surface area contributed by atoms with Crippen LogP contribution >= 0.6 is 0 Å². The number of ether oxygens (including phenoxy) is 1. The molecule has 1 amide bonds. The van der Waals surface area contributed by atoms with Crippen molar-refractivity contribution in [3.63, 3.8) is 0 Å². The summed E-state index contributed by atoms with van der Waals surface area (Å²) in [5, 5.41) is 2.83. The summed E-state index contributed by atoms with van der Waals surface area (Å²) < 4.78 is 5.11. The molecule has 0 bridgehead atoms. The molecule has 0 aliphatic heterocycles. The highest BCUT2D eigenvalue weighted by molar-refractivity contribution is 5.67. The van der Waals surface area contributed by atoms with Crippen LogP contribution in [0.15, 0.2) is 30.3 Å². The van der Waals surface area contributed by atoms with E-state index in [0.717, 1.165) is 18.4 Å². The van der Waals surface area contributed by atoms with Gasteiger partial charge < -0.3 is 10.1 Å². The van der Waals surface area contributed by atoms with Gasteiger partial charge in [-0.1, -0.05) is 44.2 Å². The molecule has 0 aliphatic rings. The van der Waals surface area contributed by atoms with E-state index in [4.69, 9.17) is 4.74 Å². The fourth-order valence-electron chi connectivity index (χ4n) is 1.42. The molecule has 0 saturated heterocycles. The molecule has 0 aliphatic carbocycles. The number of amides is 1. The minimum atomic E-state index is -0.336. The van der Waals surface area contributed by atoms with Gasteiger partial charge in [-0.15, -0.1) is 0 Å². The molecule has 0 fully saturated rings. The van der Waals surface area contributed by atoms with Crippen molar-refractivity contribution in [2.45, 2.75) is 39.3 Å². The molecule has 1 aromatic rings. The van der Waals surface area contributed by atoms with Gasteiger partial charge in [0, 0.05) is 6.04 Å². The second-order valence-electron chi connectivity index (χ2n) is 3.72. The molecule has 0 aromatic heterocycles. The largest absolute Gasteiger partial charge is 0.445 e. The van der Waals surface area contributed by atoms with E-state index < -0.39 is 0 Å². The molecule has 3 heteroatoms. The Bertz CT molecular complexity index is 307. The monoisotopic (exact) mass is 221 g/mol. The van der Waals surface area contributed by atoms with Crippen LogP contribution in [0.5, 0.6) is 0 Å². The maximum atomic E-state index is 11.4. The zero-order chi connectivity index (χ0) is 11.8. The number of carbonyl (C=O) groups excluding carboxylic acids is 1. The molecule has 16 heavy (non-hydrogen) atoms. The quantitative estimate of drug-likeness (QED) is 0.829. The summed E-state index contributed by atoms with van der Waals surface area (Å²) in [6, 6.07) is 9.88. The molecule has 0 heterocycles. The summed E-state index contributed by atoms with van der Waals surface area (Å²) in [4.78, 5) is 11.4. The third kappa shape index (κ3) is 4.34. The second-order valence-corrected chi connectivity index (χ2v) is 3.72. The first-order valence-corrected chi connectivity index (χ1v) is 5.73. The lowest BCUT2D eigenvalue weighted by Gasteiger charge is -2.14. The number of carbonyl (C=O) groups is 1. The van der Waals surface area contributed by atoms with E-state index >= 15 is 0 Å². The van der Waals surface area contributed by atoms with E-state index in [1.807, 2.05) is 44.2 Å². The summed E-state index contributed by atoms with van der Waals surface area (Å²) >= 11 is 0. The first kappa shape index (κ1) is 12.6. The molecule has 3 nitrogen and oxygen atoms in total. The number of hydrogen-bond donors (Lipinski definition) is 1. The molecule has 88 valence electrons. The Balaban J connectivity index is 2.30. The van der Waals surface area contributed by atoms with Crippen molar-refractivity contribution in [3.05, 3.63) is 35.9 Å². The number of alkyl carbamates (subject to hydrolysis) is 1. The smallest absolute Gasteiger partial charge is 0.407 e. The number of hydrogen-bond acceptors (Lipinski definition) is 2. The first-order chi connectivity index (χ1) is 7.76. The lowest BCUT2D eigenvalue weighted by molar-refractivity contribution is 0.135. The minimum Gasteiger partial charge on any atom is -0.445 e. The van der Waals surface area contributed by atoms with Gasteiger partial charge >= 0.3 is 6.09 Å². The van der Waals surface area contributed by atoms with Crippen molar-refractivity contribution in [1.82, 2.24) is 5.32 Å². The molecule has 0 radical (unpaired) electrons. The SMILES string of the molecule is CCC(CC)NC(=O)OCc1ccccc1. The Morgan fingerprint density at radius 2 is 1.88 bits per heavy atom. The maximum Gasteiger partial charge on any atom is 0.407 e. The van der Waals surface area contributed by atoms with E-state index in [2.05, 4.69) is 5.32 Å². The van der Waals surface area contributed by atoms with Crippen LogP contribution in [-0.4, -0.2) is 12.1 Å². The third-order valence-corrected chi connectivity index (χ3v) is 2.52. The predicted molar refractivity (Wildman–Crippen MR) is 64.1 cm³/mol. The number of nitrogens with one attached hydrogen (secondary N) is 1. The van der Waals surface area contributed by atoms with Gasteiger partial charge in [0.1, 0.15) is 6.61 Å². The molecule has 1 N–H and O–H groups in total. The van der Waals surface area contributed by atoms with Crippen LogP contribution in [0.1, 0.15) is 32.3 Å². The Morgan fingerprint density at radius 3 is 2.44 bits per heavy atom. The summed E-state index contributed by atoms with van der Waals surface area (Å²) in [7, 11) is 0. The van der Waals surface area contributed by atoms with Crippen molar-refractivity contribution in [2.75, 3.05) is 0 Å². The molecule has 0 atom stereocenters. The van der Waals surface area contributed by atoms with Crippen molar-refractivity contribution in [3.8, 4) is 0 Å². The lowest BCUT2D eigenvalue weighted by Crippen LogP contribution is -2.34. The first-order valence-electron chi connectivity index (χ1n) is 5.73. The van der Waals surface area contributed by atoms with Crippen LogP contribution in [0.4, 0.5) is 4.79 Å². The average Bonchev–Trinajstić information content (AvgIpc) is 2.34. The summed E-state index contributed by atoms with van der Waals surface area (Å²) in [6.45, 7) is 4.42. The van der Waals surface area contributed by atoms with Crippen molar-refractivity contribution in [1.29, 1.82) is 0 Å². The highest BCUT2D eigenvalue weighted by Gasteiger charge is 2.08. The van der Waals surface area contributed by atoms with Gasteiger partial charge in [-0.2, -0.15) is 0 Å². The van der Waals surface area contributed by atoms with Gasteiger partial charge in [-0.05, 0) is 18.4 Å². The van der Waals surface area contributed by atoms with Crippen LogP contribution in [0.3, 0.4) is 0 Å². The standard InChI is InChI=1S/C13H19NO2/c1-3-12(4-2)14-13(15)16-10-11-8-6-5-7-9-11/h5-9,12H,3-4,10H2,1-2H3,(H,14,15). The fourth-order valence-corrected chi connectivity index (χ4v) is 1.42. The molecule has 1 rings (SSSR count). The Kier molecular flexibility index (Phi) is 5.40. The van der Waals surface area contributed by atoms with E-state index in [-0.39, 0.29) is 12.1 Å². The van der Waals surface area contributed by atoms with Crippen LogP contribution in [0, 0.1) is 0 Å². The van der Waals surface area contributed by atoms with Crippen molar-refractivity contribution in [2.24, 2.45) is 0 Å². The maximum absolute atomic E-state index is 11.4. The summed E-state index contributed by atoms with van der Waals surface area (Å²) in [6.07, 6.45) is 1.52. The van der Waals surface area contributed by atoms with Crippen LogP contribution in [0.25, 0.3) is 0 Å². The van der Waals surface area contributed by atoms with Gasteiger partial charge in [-0.25, -0.2) is 4.79 Å². The van der Waals surface area contributed by atoms with Gasteiger partial charge in [0.25, 0.3) is 0 Å². The van der Waals surface area contributed by atoms with Crippen molar-refractivity contribution >= 4 is 6.09 Å². The molecular weight excluding hydrogens is 202 g/mol. The highest BCUT2D eigenvalue weighted by Crippen LogP contribution is 2.02. The van der Waals surface area contributed by atoms with Gasteiger partial charge in [0.05, 0.1) is 0 Å². The third-order valence-electron chi connectivity index (χ3n) is 2.52.